The third-order valence-electron chi connectivity index (χ3n) is 6.30. The number of primary amides is 1. The predicted molar refractivity (Wildman–Crippen MR) is 115 cm³/mol. The number of fused-ring (bicyclic) bond motifs is 1. The number of carbonyl (C=O) groups excluding carboxylic acids is 1. The molecule has 0 aliphatic carbocycles. The van der Waals surface area contributed by atoms with Crippen molar-refractivity contribution in [2.45, 2.75) is 89.2 Å². The van der Waals surface area contributed by atoms with Crippen LogP contribution in [0.15, 0.2) is 6.33 Å². The van der Waals surface area contributed by atoms with Gasteiger partial charge in [0.1, 0.15) is 18.3 Å². The number of nitrogens with two attached hydrogens (primary N) is 1. The number of carbonyl (C=O) groups is 1. The van der Waals surface area contributed by atoms with E-state index in [9.17, 15) is 9.90 Å². The first kappa shape index (κ1) is 23.9. The predicted octanol–water partition coefficient (Wildman–Crippen LogP) is 2.09. The zero-order chi connectivity index (χ0) is 23.4. The molecule has 3 rings (SSSR count). The van der Waals surface area contributed by atoms with Crippen molar-refractivity contribution in [2.75, 3.05) is 6.61 Å². The Balaban J connectivity index is 1.93. The molecule has 2 saturated heterocycles. The molecule has 5 atom stereocenters. The van der Waals surface area contributed by atoms with Crippen molar-refractivity contribution < 1.29 is 28.5 Å². The summed E-state index contributed by atoms with van der Waals surface area (Å²) in [5, 5.41) is 10.4. The number of terminal acetylenes is 1. The van der Waals surface area contributed by atoms with Gasteiger partial charge < -0.3 is 34.0 Å². The second-order valence-electron chi connectivity index (χ2n) is 10.0. The molecule has 1 amide bonds. The highest BCUT2D eigenvalue weighted by molar-refractivity contribution is 6.74. The maximum Gasteiger partial charge on any atom is 0.269 e. The van der Waals surface area contributed by atoms with Crippen LogP contribution >= 0.6 is 0 Å². The Morgan fingerprint density at radius 3 is 2.58 bits per heavy atom. The van der Waals surface area contributed by atoms with Crippen LogP contribution in [0, 0.1) is 12.3 Å². The molecule has 10 heteroatoms. The molecule has 2 fully saturated rings. The van der Waals surface area contributed by atoms with Crippen LogP contribution in [0.5, 0.6) is 0 Å². The lowest BCUT2D eigenvalue weighted by Crippen LogP contribution is -2.44. The maximum atomic E-state index is 11.8. The van der Waals surface area contributed by atoms with Gasteiger partial charge >= 0.3 is 0 Å². The number of ether oxygens (including phenoxy) is 3. The zero-order valence-electron chi connectivity index (χ0n) is 19.2. The minimum absolute atomic E-state index is 0.0432. The van der Waals surface area contributed by atoms with E-state index < -0.39 is 50.7 Å². The highest BCUT2D eigenvalue weighted by Crippen LogP contribution is 2.45. The van der Waals surface area contributed by atoms with Crippen LogP contribution in [0.4, 0.5) is 0 Å². The summed E-state index contributed by atoms with van der Waals surface area (Å²) >= 11 is 0. The Morgan fingerprint density at radius 1 is 1.42 bits per heavy atom. The molecule has 1 aromatic heterocycles. The van der Waals surface area contributed by atoms with Crippen LogP contribution in [0.1, 0.15) is 63.1 Å². The summed E-state index contributed by atoms with van der Waals surface area (Å²) in [4.78, 5) is 15.9. The van der Waals surface area contributed by atoms with E-state index in [1.54, 1.807) is 0 Å². The van der Waals surface area contributed by atoms with Crippen LogP contribution in [0.3, 0.4) is 0 Å². The van der Waals surface area contributed by atoms with Gasteiger partial charge in [0.15, 0.2) is 32.1 Å². The number of imidazole rings is 1. The largest absolute Gasteiger partial charge is 0.414 e. The SMILES string of the molecule is C#C[C@H](O)c1c(C(N)=O)ncn1[C@@H]1O[C@H](CO[Si](C)(C)C(C)(C)C)[C@H]2OC(C)(C)O[C@H]21. The second-order valence-corrected chi connectivity index (χ2v) is 14.8. The molecular weight excluding hydrogens is 418 g/mol. The molecule has 0 aromatic carbocycles. The maximum absolute atomic E-state index is 11.8. The summed E-state index contributed by atoms with van der Waals surface area (Å²) in [6, 6.07) is 0. The fourth-order valence-corrected chi connectivity index (χ4v) is 4.65. The van der Waals surface area contributed by atoms with E-state index in [4.69, 9.17) is 30.8 Å². The van der Waals surface area contributed by atoms with Crippen molar-refractivity contribution in [2.24, 2.45) is 5.73 Å². The van der Waals surface area contributed by atoms with Gasteiger partial charge in [0.2, 0.25) is 0 Å². The van der Waals surface area contributed by atoms with E-state index >= 15 is 0 Å². The Labute approximate surface area is 184 Å². The van der Waals surface area contributed by atoms with Gasteiger partial charge in [-0.3, -0.25) is 4.79 Å². The summed E-state index contributed by atoms with van der Waals surface area (Å²) in [5.41, 5.74) is 5.41. The van der Waals surface area contributed by atoms with Gasteiger partial charge in [-0.1, -0.05) is 26.7 Å². The number of aliphatic hydroxyl groups is 1. The van der Waals surface area contributed by atoms with Gasteiger partial charge in [0.05, 0.1) is 18.6 Å². The first-order chi connectivity index (χ1) is 14.2. The molecule has 2 aliphatic heterocycles. The average molecular weight is 452 g/mol. The molecule has 1 aromatic rings. The summed E-state index contributed by atoms with van der Waals surface area (Å²) in [6.45, 7) is 14.8. The molecule has 9 nitrogen and oxygen atoms in total. The van der Waals surface area contributed by atoms with Gasteiger partial charge in [-0.25, -0.2) is 4.98 Å². The third kappa shape index (κ3) is 4.44. The van der Waals surface area contributed by atoms with Crippen LogP contribution < -0.4 is 5.73 Å². The van der Waals surface area contributed by atoms with Crippen molar-refractivity contribution >= 4 is 14.2 Å². The van der Waals surface area contributed by atoms with E-state index in [-0.39, 0.29) is 16.4 Å². The molecule has 172 valence electrons. The summed E-state index contributed by atoms with van der Waals surface area (Å²) in [5.74, 6) is 0.594. The van der Waals surface area contributed by atoms with E-state index in [0.29, 0.717) is 6.61 Å². The number of hydrogen-bond acceptors (Lipinski definition) is 7. The highest BCUT2D eigenvalue weighted by Gasteiger charge is 2.57. The van der Waals surface area contributed by atoms with Gasteiger partial charge in [-0.15, -0.1) is 6.42 Å². The van der Waals surface area contributed by atoms with Gasteiger partial charge in [0, 0.05) is 0 Å². The Hall–Kier alpha value is -1.74. The number of rotatable bonds is 6. The molecule has 3 heterocycles. The Bertz CT molecular complexity index is 885. The first-order valence-electron chi connectivity index (χ1n) is 10.3. The van der Waals surface area contributed by atoms with Crippen LogP contribution in [0.2, 0.25) is 18.1 Å². The van der Waals surface area contributed by atoms with Gasteiger partial charge in [0.25, 0.3) is 5.91 Å². The third-order valence-corrected chi connectivity index (χ3v) is 10.8. The molecule has 0 unspecified atom stereocenters. The molecule has 0 bridgehead atoms. The summed E-state index contributed by atoms with van der Waals surface area (Å²) in [6.07, 6.45) is 3.35. The van der Waals surface area contributed by atoms with E-state index in [1.807, 2.05) is 13.8 Å². The lowest BCUT2D eigenvalue weighted by molar-refractivity contribution is -0.200. The lowest BCUT2D eigenvalue weighted by atomic mass is 10.1. The van der Waals surface area contributed by atoms with E-state index in [2.05, 4.69) is 44.8 Å². The number of hydrogen-bond donors (Lipinski definition) is 2. The molecular formula is C21H33N3O6Si. The second kappa shape index (κ2) is 7.99. The fourth-order valence-electron chi connectivity index (χ4n) is 3.64. The van der Waals surface area contributed by atoms with Gasteiger partial charge in [-0.05, 0) is 32.0 Å². The standard InChI is InChI=1S/C21H33N3O6Si/c1-9-12(25)15-14(18(22)26)23-11-24(15)19-17-16(29-21(5,6)30-17)13(28-19)10-27-31(7,8)20(2,3)4/h1,11-13,16-17,19,25H,10H2,2-8H3,(H2,22,26)/t12-,13+,16+,17+,19+/m0/s1. The minimum Gasteiger partial charge on any atom is -0.414 e. The fraction of sp³-hybridized carbons (Fsp3) is 0.714. The average Bonchev–Trinajstić information content (AvgIpc) is 3.29. The molecule has 0 spiro atoms. The van der Waals surface area contributed by atoms with Crippen LogP contribution in [-0.2, 0) is 18.6 Å². The van der Waals surface area contributed by atoms with Crippen LogP contribution in [-0.4, -0.2) is 59.6 Å². The number of amides is 1. The zero-order valence-corrected chi connectivity index (χ0v) is 20.2. The number of aliphatic hydroxyl groups excluding tert-OH is 1. The topological polar surface area (TPSA) is 118 Å². The first-order valence-corrected chi connectivity index (χ1v) is 13.2. The highest BCUT2D eigenvalue weighted by atomic mass is 28.4. The van der Waals surface area contributed by atoms with Crippen molar-refractivity contribution in [3.8, 4) is 12.3 Å². The van der Waals surface area contributed by atoms with Crippen molar-refractivity contribution in [3.63, 3.8) is 0 Å². The van der Waals surface area contributed by atoms with Gasteiger partial charge in [-0.2, -0.15) is 0 Å². The normalized spacial score (nSPS) is 28.9. The quantitative estimate of drug-likeness (QED) is 0.502. The Kier molecular flexibility index (Phi) is 6.16. The minimum atomic E-state index is -2.02. The number of aromatic nitrogens is 2. The van der Waals surface area contributed by atoms with E-state index in [0.717, 1.165) is 0 Å². The molecule has 31 heavy (non-hydrogen) atoms. The van der Waals surface area contributed by atoms with Crippen molar-refractivity contribution in [1.82, 2.24) is 9.55 Å². The van der Waals surface area contributed by atoms with Crippen molar-refractivity contribution in [1.29, 1.82) is 0 Å². The van der Waals surface area contributed by atoms with Crippen molar-refractivity contribution in [3.05, 3.63) is 17.7 Å². The Morgan fingerprint density at radius 2 is 2.03 bits per heavy atom. The van der Waals surface area contributed by atoms with Crippen LogP contribution in [0.25, 0.3) is 0 Å². The summed E-state index contributed by atoms with van der Waals surface area (Å²) in [7, 11) is -2.02. The monoisotopic (exact) mass is 451 g/mol. The van der Waals surface area contributed by atoms with E-state index in [1.165, 1.54) is 10.9 Å². The number of nitrogens with zero attached hydrogens (tertiary/aromatic N) is 2. The molecule has 0 radical (unpaired) electrons. The molecule has 0 saturated carbocycles. The molecule has 3 N–H and O–H groups in total. The molecule has 2 aliphatic rings. The lowest BCUT2D eigenvalue weighted by Gasteiger charge is -2.37. The smallest absolute Gasteiger partial charge is 0.269 e. The summed E-state index contributed by atoms with van der Waals surface area (Å²) < 4.78 is 26.4.